The maximum Gasteiger partial charge on any atom is 0.275 e. The molecule has 2 N–H and O–H groups in total. The van der Waals surface area contributed by atoms with Crippen molar-refractivity contribution in [3.05, 3.63) is 58.0 Å². The molecule has 5 heteroatoms. The molecule has 3 rings (SSSR count). The van der Waals surface area contributed by atoms with E-state index in [0.717, 1.165) is 23.5 Å². The Labute approximate surface area is 152 Å². The molecule has 4 atom stereocenters. The molecule has 2 aromatic rings. The quantitative estimate of drug-likeness (QED) is 0.843. The van der Waals surface area contributed by atoms with Gasteiger partial charge in [0.2, 0.25) is 0 Å². The number of halogens is 1. The van der Waals surface area contributed by atoms with Crippen LogP contribution in [0.4, 0.5) is 4.39 Å². The number of amides is 1. The smallest absolute Gasteiger partial charge is 0.275 e. The molecule has 1 aliphatic rings. The molecule has 1 amide bonds. The van der Waals surface area contributed by atoms with E-state index in [1.807, 2.05) is 17.5 Å². The fourth-order valence-corrected chi connectivity index (χ4v) is 4.74. The first-order chi connectivity index (χ1) is 12.0. The Morgan fingerprint density at radius 1 is 1.24 bits per heavy atom. The molecule has 1 aliphatic heterocycles. The van der Waals surface area contributed by atoms with Gasteiger partial charge in [0.05, 0.1) is 19.1 Å². The summed E-state index contributed by atoms with van der Waals surface area (Å²) in [6.45, 7) is 7.13. The summed E-state index contributed by atoms with van der Waals surface area (Å²) in [7, 11) is 0. The summed E-state index contributed by atoms with van der Waals surface area (Å²) >= 11 is 1.60. The van der Waals surface area contributed by atoms with E-state index in [0.29, 0.717) is 18.4 Å². The third-order valence-corrected chi connectivity index (χ3v) is 5.76. The van der Waals surface area contributed by atoms with Crippen LogP contribution in [0.15, 0.2) is 41.8 Å². The molecule has 1 saturated heterocycles. The number of carbonyl (C=O) groups excluding carboxylic acids is 1. The van der Waals surface area contributed by atoms with Crippen LogP contribution >= 0.6 is 11.3 Å². The number of carbonyl (C=O) groups is 1. The van der Waals surface area contributed by atoms with Crippen molar-refractivity contribution in [1.29, 1.82) is 0 Å². The lowest BCUT2D eigenvalue weighted by Gasteiger charge is -2.31. The average molecular weight is 362 g/mol. The molecule has 0 spiro atoms. The van der Waals surface area contributed by atoms with E-state index in [1.54, 1.807) is 23.5 Å². The van der Waals surface area contributed by atoms with Gasteiger partial charge in [-0.15, -0.1) is 11.3 Å². The van der Waals surface area contributed by atoms with E-state index in [-0.39, 0.29) is 17.8 Å². The third-order valence-electron chi connectivity index (χ3n) is 4.83. The summed E-state index contributed by atoms with van der Waals surface area (Å²) in [5, 5.41) is 5.16. The number of benzene rings is 1. The Bertz CT molecular complexity index is 676. The largest absolute Gasteiger partial charge is 0.339 e. The van der Waals surface area contributed by atoms with E-state index in [1.165, 1.54) is 23.5 Å². The molecule has 0 radical (unpaired) electrons. The SMILES string of the molecule is C[C@@H]1C[C@H](C)C[NH+](CC(=O)N[C@@H](c2ccc(F)cc2)c2cccs2)C1. The number of thiophene rings is 1. The number of quaternary nitrogens is 1. The molecule has 25 heavy (non-hydrogen) atoms. The Morgan fingerprint density at radius 2 is 1.92 bits per heavy atom. The molecule has 1 aromatic carbocycles. The first kappa shape index (κ1) is 18.1. The lowest BCUT2D eigenvalue weighted by Crippen LogP contribution is -3.15. The van der Waals surface area contributed by atoms with Gasteiger partial charge in [-0.3, -0.25) is 4.79 Å². The number of rotatable bonds is 5. The Hall–Kier alpha value is -1.72. The molecule has 1 unspecified atom stereocenters. The van der Waals surface area contributed by atoms with E-state index in [9.17, 15) is 9.18 Å². The lowest BCUT2D eigenvalue weighted by molar-refractivity contribution is -0.904. The van der Waals surface area contributed by atoms with E-state index < -0.39 is 0 Å². The molecular formula is C20H26FN2OS+. The van der Waals surface area contributed by atoms with Gasteiger partial charge in [-0.1, -0.05) is 32.0 Å². The highest BCUT2D eigenvalue weighted by molar-refractivity contribution is 7.10. The first-order valence-electron chi connectivity index (χ1n) is 8.93. The normalized spacial score (nSPS) is 24.7. The predicted molar refractivity (Wildman–Crippen MR) is 99.2 cm³/mol. The van der Waals surface area contributed by atoms with E-state index in [2.05, 4.69) is 19.2 Å². The van der Waals surface area contributed by atoms with Gasteiger partial charge in [0.1, 0.15) is 5.82 Å². The van der Waals surface area contributed by atoms with Gasteiger partial charge < -0.3 is 10.2 Å². The molecule has 0 aliphatic carbocycles. The topological polar surface area (TPSA) is 33.5 Å². The zero-order valence-corrected chi connectivity index (χ0v) is 15.6. The summed E-state index contributed by atoms with van der Waals surface area (Å²) < 4.78 is 13.2. The van der Waals surface area contributed by atoms with Crippen molar-refractivity contribution < 1.29 is 14.1 Å². The third kappa shape index (κ3) is 4.89. The summed E-state index contributed by atoms with van der Waals surface area (Å²) in [5.41, 5.74) is 0.910. The van der Waals surface area contributed by atoms with E-state index in [4.69, 9.17) is 0 Å². The first-order valence-corrected chi connectivity index (χ1v) is 9.81. The highest BCUT2D eigenvalue weighted by Gasteiger charge is 2.28. The van der Waals surface area contributed by atoms with Crippen LogP contribution < -0.4 is 10.2 Å². The second-order valence-corrected chi connectivity index (χ2v) is 8.33. The maximum atomic E-state index is 13.2. The number of piperidine rings is 1. The fourth-order valence-electron chi connectivity index (χ4n) is 3.94. The minimum absolute atomic E-state index is 0.0547. The Kier molecular flexibility index (Phi) is 5.86. The maximum absolute atomic E-state index is 13.2. The van der Waals surface area contributed by atoms with Crippen molar-refractivity contribution in [3.8, 4) is 0 Å². The van der Waals surface area contributed by atoms with Crippen molar-refractivity contribution in [2.45, 2.75) is 26.3 Å². The van der Waals surface area contributed by atoms with Crippen molar-refractivity contribution >= 4 is 17.2 Å². The van der Waals surface area contributed by atoms with Gasteiger partial charge >= 0.3 is 0 Å². The van der Waals surface area contributed by atoms with E-state index >= 15 is 0 Å². The summed E-state index contributed by atoms with van der Waals surface area (Å²) in [6.07, 6.45) is 1.25. The Balaban J connectivity index is 1.70. The molecular weight excluding hydrogens is 335 g/mol. The Morgan fingerprint density at radius 3 is 2.52 bits per heavy atom. The van der Waals surface area contributed by atoms with Crippen molar-refractivity contribution in [3.63, 3.8) is 0 Å². The van der Waals surface area contributed by atoms with Gasteiger partial charge in [-0.2, -0.15) is 0 Å². The second-order valence-electron chi connectivity index (χ2n) is 7.35. The number of hydrogen-bond donors (Lipinski definition) is 2. The minimum atomic E-state index is -0.263. The highest BCUT2D eigenvalue weighted by atomic mass is 32.1. The molecule has 134 valence electrons. The van der Waals surface area contributed by atoms with Crippen LogP contribution in [0.5, 0.6) is 0 Å². The van der Waals surface area contributed by atoms with Crippen molar-refractivity contribution in [2.75, 3.05) is 19.6 Å². The lowest BCUT2D eigenvalue weighted by atomic mass is 9.92. The molecule has 0 bridgehead atoms. The fraction of sp³-hybridized carbons (Fsp3) is 0.450. The van der Waals surface area contributed by atoms with Crippen LogP contribution in [0.2, 0.25) is 0 Å². The molecule has 3 nitrogen and oxygen atoms in total. The van der Waals surface area contributed by atoms with Crippen LogP contribution in [-0.4, -0.2) is 25.5 Å². The standard InChI is InChI=1S/C20H25FN2OS/c1-14-10-15(2)12-23(11-14)13-19(24)22-20(18-4-3-9-25-18)16-5-7-17(21)8-6-16/h3-9,14-15,20H,10-13H2,1-2H3,(H,22,24)/p+1/t14-,15+,20-/m0/s1. The molecule has 0 saturated carbocycles. The zero-order chi connectivity index (χ0) is 17.8. The number of nitrogens with one attached hydrogen (secondary N) is 2. The van der Waals surface area contributed by atoms with Crippen LogP contribution in [-0.2, 0) is 4.79 Å². The number of hydrogen-bond acceptors (Lipinski definition) is 2. The summed E-state index contributed by atoms with van der Waals surface area (Å²) in [5.74, 6) is 1.12. The summed E-state index contributed by atoms with van der Waals surface area (Å²) in [6, 6.07) is 10.2. The average Bonchev–Trinajstić information content (AvgIpc) is 3.06. The molecule has 1 fully saturated rings. The van der Waals surface area contributed by atoms with Crippen molar-refractivity contribution in [2.24, 2.45) is 11.8 Å². The van der Waals surface area contributed by atoms with Gasteiger partial charge in [0.15, 0.2) is 6.54 Å². The van der Waals surface area contributed by atoms with Crippen LogP contribution in [0.1, 0.15) is 36.8 Å². The second kappa shape index (κ2) is 8.11. The molecule has 1 aromatic heterocycles. The predicted octanol–water partition coefficient (Wildman–Crippen LogP) is 2.65. The van der Waals surface area contributed by atoms with Gasteiger partial charge in [0, 0.05) is 16.7 Å². The highest BCUT2D eigenvalue weighted by Crippen LogP contribution is 2.26. The molecule has 2 heterocycles. The monoisotopic (exact) mass is 361 g/mol. The zero-order valence-electron chi connectivity index (χ0n) is 14.8. The van der Waals surface area contributed by atoms with Crippen LogP contribution in [0.25, 0.3) is 0 Å². The number of likely N-dealkylation sites (tertiary alicyclic amines) is 1. The van der Waals surface area contributed by atoms with Gasteiger partial charge in [0.25, 0.3) is 5.91 Å². The van der Waals surface area contributed by atoms with Gasteiger partial charge in [-0.25, -0.2) is 4.39 Å². The van der Waals surface area contributed by atoms with Gasteiger partial charge in [-0.05, 0) is 35.6 Å². The van der Waals surface area contributed by atoms with Crippen LogP contribution in [0.3, 0.4) is 0 Å². The summed E-state index contributed by atoms with van der Waals surface area (Å²) in [4.78, 5) is 15.1. The van der Waals surface area contributed by atoms with Crippen molar-refractivity contribution in [1.82, 2.24) is 5.32 Å². The minimum Gasteiger partial charge on any atom is -0.339 e. The van der Waals surface area contributed by atoms with Crippen LogP contribution in [0, 0.1) is 17.7 Å².